The summed E-state index contributed by atoms with van der Waals surface area (Å²) in [6.07, 6.45) is 7.48. The molecule has 2 atom stereocenters. The molecular formula is C18H29NO. The van der Waals surface area contributed by atoms with Crippen LogP contribution >= 0.6 is 0 Å². The minimum Gasteiger partial charge on any atom is -0.374 e. The van der Waals surface area contributed by atoms with Crippen LogP contribution in [0.1, 0.15) is 64.0 Å². The predicted octanol–water partition coefficient (Wildman–Crippen LogP) is 4.47. The highest BCUT2D eigenvalue weighted by atomic mass is 16.5. The van der Waals surface area contributed by atoms with Crippen LogP contribution in [0.25, 0.3) is 0 Å². The molecule has 112 valence electrons. The maximum Gasteiger partial charge on any atom is 0.0779 e. The molecule has 1 aromatic rings. The van der Waals surface area contributed by atoms with Crippen LogP contribution in [-0.4, -0.2) is 18.8 Å². The Labute approximate surface area is 123 Å². The van der Waals surface area contributed by atoms with Gasteiger partial charge in [-0.05, 0) is 31.7 Å². The van der Waals surface area contributed by atoms with Gasteiger partial charge >= 0.3 is 0 Å². The van der Waals surface area contributed by atoms with Crippen molar-refractivity contribution in [2.24, 2.45) is 0 Å². The van der Waals surface area contributed by atoms with Gasteiger partial charge in [0.25, 0.3) is 0 Å². The summed E-state index contributed by atoms with van der Waals surface area (Å²) in [7, 11) is 0. The monoisotopic (exact) mass is 275 g/mol. The second kappa shape index (κ2) is 7.80. The summed E-state index contributed by atoms with van der Waals surface area (Å²) in [6.45, 7) is 6.38. The van der Waals surface area contributed by atoms with Crippen molar-refractivity contribution in [3.05, 3.63) is 35.9 Å². The zero-order valence-electron chi connectivity index (χ0n) is 13.0. The van der Waals surface area contributed by atoms with E-state index in [1.807, 2.05) is 0 Å². The fourth-order valence-corrected chi connectivity index (χ4v) is 2.99. The van der Waals surface area contributed by atoms with Gasteiger partial charge in [0.15, 0.2) is 0 Å². The van der Waals surface area contributed by atoms with Crippen LogP contribution in [0.2, 0.25) is 0 Å². The van der Waals surface area contributed by atoms with Crippen LogP contribution in [0.15, 0.2) is 30.3 Å². The molecular weight excluding hydrogens is 246 g/mol. The summed E-state index contributed by atoms with van der Waals surface area (Å²) in [5.41, 5.74) is 1.45. The molecule has 0 bridgehead atoms. The first-order valence-corrected chi connectivity index (χ1v) is 8.16. The maximum absolute atomic E-state index is 5.89. The van der Waals surface area contributed by atoms with Gasteiger partial charge in [0.05, 0.1) is 5.60 Å². The van der Waals surface area contributed by atoms with Crippen molar-refractivity contribution in [1.82, 2.24) is 5.32 Å². The Morgan fingerprint density at radius 2 is 2.05 bits per heavy atom. The van der Waals surface area contributed by atoms with E-state index in [9.17, 15) is 0 Å². The molecule has 0 radical (unpaired) electrons. The first-order chi connectivity index (χ1) is 9.73. The molecule has 1 aromatic carbocycles. The van der Waals surface area contributed by atoms with Crippen LogP contribution in [0.5, 0.6) is 0 Å². The first-order valence-electron chi connectivity index (χ1n) is 8.16. The van der Waals surface area contributed by atoms with E-state index in [1.165, 1.54) is 44.1 Å². The van der Waals surface area contributed by atoms with Crippen LogP contribution in [-0.2, 0) is 4.74 Å². The fourth-order valence-electron chi connectivity index (χ4n) is 2.99. The number of benzene rings is 1. The van der Waals surface area contributed by atoms with Crippen molar-refractivity contribution in [2.45, 2.75) is 64.0 Å². The molecule has 1 N–H and O–H groups in total. The molecule has 1 aliphatic rings. The Kier molecular flexibility index (Phi) is 6.06. The minimum absolute atomic E-state index is 0.0395. The molecule has 2 rings (SSSR count). The summed E-state index contributed by atoms with van der Waals surface area (Å²) in [6, 6.07) is 11.3. The number of hydrogen-bond donors (Lipinski definition) is 1. The van der Waals surface area contributed by atoms with Crippen LogP contribution in [0.4, 0.5) is 0 Å². The van der Waals surface area contributed by atoms with E-state index in [-0.39, 0.29) is 5.60 Å². The average molecular weight is 275 g/mol. The minimum atomic E-state index is 0.0395. The van der Waals surface area contributed by atoms with E-state index in [4.69, 9.17) is 4.74 Å². The van der Waals surface area contributed by atoms with Crippen molar-refractivity contribution in [1.29, 1.82) is 0 Å². The Morgan fingerprint density at radius 1 is 1.25 bits per heavy atom. The summed E-state index contributed by atoms with van der Waals surface area (Å²) in [4.78, 5) is 0. The van der Waals surface area contributed by atoms with Crippen molar-refractivity contribution in [3.8, 4) is 0 Å². The smallest absolute Gasteiger partial charge is 0.0779 e. The van der Waals surface area contributed by atoms with E-state index in [0.717, 1.165) is 13.2 Å². The van der Waals surface area contributed by atoms with Gasteiger partial charge in [-0.2, -0.15) is 0 Å². The van der Waals surface area contributed by atoms with E-state index >= 15 is 0 Å². The highest BCUT2D eigenvalue weighted by Crippen LogP contribution is 2.26. The van der Waals surface area contributed by atoms with E-state index in [1.54, 1.807) is 0 Å². The third-order valence-electron chi connectivity index (χ3n) is 4.32. The van der Waals surface area contributed by atoms with Crippen molar-refractivity contribution in [3.63, 3.8) is 0 Å². The van der Waals surface area contributed by atoms with E-state index < -0.39 is 0 Å². The topological polar surface area (TPSA) is 21.3 Å². The summed E-state index contributed by atoms with van der Waals surface area (Å²) < 4.78 is 5.89. The second-order valence-electron chi connectivity index (χ2n) is 6.24. The lowest BCUT2D eigenvalue weighted by molar-refractivity contribution is 0.0184. The van der Waals surface area contributed by atoms with Gasteiger partial charge in [0.1, 0.15) is 0 Å². The molecule has 2 heteroatoms. The Hall–Kier alpha value is -0.860. The predicted molar refractivity (Wildman–Crippen MR) is 84.9 cm³/mol. The van der Waals surface area contributed by atoms with Crippen molar-refractivity contribution < 1.29 is 4.74 Å². The molecule has 0 aromatic heterocycles. The standard InChI is InChI=1S/C18H29NO/c1-3-4-6-12-17(16-10-7-5-8-11-16)19-15-18(2)13-9-14-20-18/h5,7-8,10-11,17,19H,3-4,6,9,12-15H2,1-2H3. The fraction of sp³-hybridized carbons (Fsp3) is 0.667. The third-order valence-corrected chi connectivity index (χ3v) is 4.32. The number of rotatable bonds is 8. The number of ether oxygens (including phenoxy) is 1. The number of unbranched alkanes of at least 4 members (excludes halogenated alkanes) is 2. The SMILES string of the molecule is CCCCCC(NCC1(C)CCCO1)c1ccccc1. The maximum atomic E-state index is 5.89. The first kappa shape index (κ1) is 15.5. The van der Waals surface area contributed by atoms with Gasteiger partial charge < -0.3 is 10.1 Å². The quantitative estimate of drug-likeness (QED) is 0.707. The van der Waals surface area contributed by atoms with Crippen molar-refractivity contribution in [2.75, 3.05) is 13.2 Å². The van der Waals surface area contributed by atoms with Gasteiger partial charge in [-0.15, -0.1) is 0 Å². The lowest BCUT2D eigenvalue weighted by Gasteiger charge is -2.28. The molecule has 0 saturated carbocycles. The zero-order valence-corrected chi connectivity index (χ0v) is 13.0. The summed E-state index contributed by atoms with van der Waals surface area (Å²) in [5, 5.41) is 3.75. The molecule has 2 unspecified atom stereocenters. The molecule has 2 nitrogen and oxygen atoms in total. The van der Waals surface area contributed by atoms with Crippen LogP contribution in [0.3, 0.4) is 0 Å². The lowest BCUT2D eigenvalue weighted by atomic mass is 9.98. The van der Waals surface area contributed by atoms with E-state index in [0.29, 0.717) is 6.04 Å². The Morgan fingerprint density at radius 3 is 2.70 bits per heavy atom. The molecule has 1 heterocycles. The molecule has 1 saturated heterocycles. The van der Waals surface area contributed by atoms with Crippen molar-refractivity contribution >= 4 is 0 Å². The lowest BCUT2D eigenvalue weighted by Crippen LogP contribution is -2.39. The van der Waals surface area contributed by atoms with Gasteiger partial charge in [0, 0.05) is 19.2 Å². The second-order valence-corrected chi connectivity index (χ2v) is 6.24. The van der Waals surface area contributed by atoms with Gasteiger partial charge in [-0.3, -0.25) is 0 Å². The molecule has 0 spiro atoms. The summed E-state index contributed by atoms with van der Waals surface area (Å²) in [5.74, 6) is 0. The molecule has 1 aliphatic heterocycles. The molecule has 1 fully saturated rings. The van der Waals surface area contributed by atoms with Crippen LogP contribution < -0.4 is 5.32 Å². The van der Waals surface area contributed by atoms with Gasteiger partial charge in [-0.25, -0.2) is 0 Å². The van der Waals surface area contributed by atoms with Crippen LogP contribution in [0, 0.1) is 0 Å². The van der Waals surface area contributed by atoms with Gasteiger partial charge in [0.2, 0.25) is 0 Å². The Bertz CT molecular complexity index is 370. The molecule has 0 amide bonds. The highest BCUT2D eigenvalue weighted by molar-refractivity contribution is 5.18. The molecule has 0 aliphatic carbocycles. The number of nitrogens with one attached hydrogen (secondary N) is 1. The number of hydrogen-bond acceptors (Lipinski definition) is 2. The van der Waals surface area contributed by atoms with E-state index in [2.05, 4.69) is 49.5 Å². The zero-order chi connectivity index (χ0) is 14.3. The highest BCUT2D eigenvalue weighted by Gasteiger charge is 2.30. The largest absolute Gasteiger partial charge is 0.374 e. The normalized spacial score (nSPS) is 23.9. The Balaban J connectivity index is 1.92. The molecule has 20 heavy (non-hydrogen) atoms. The van der Waals surface area contributed by atoms with Gasteiger partial charge in [-0.1, -0.05) is 56.5 Å². The summed E-state index contributed by atoms with van der Waals surface area (Å²) >= 11 is 0. The third kappa shape index (κ3) is 4.60. The average Bonchev–Trinajstić information content (AvgIpc) is 2.91.